The van der Waals surface area contributed by atoms with Crippen LogP contribution in [0, 0.1) is 13.8 Å². The molecule has 5 heteroatoms. The van der Waals surface area contributed by atoms with Crippen LogP contribution in [0.1, 0.15) is 31.8 Å². The minimum Gasteiger partial charge on any atom is -0.276 e. The van der Waals surface area contributed by atoms with Gasteiger partial charge in [-0.25, -0.2) is 0 Å². The van der Waals surface area contributed by atoms with Gasteiger partial charge in [-0.15, -0.1) is 0 Å². The molecule has 0 atom stereocenters. The lowest BCUT2D eigenvalue weighted by Gasteiger charge is -2.10. The largest absolute Gasteiger partial charge is 0.276 e. The molecular weight excluding hydrogens is 327 g/mol. The summed E-state index contributed by atoms with van der Waals surface area (Å²) in [5.41, 5.74) is 2.96. The highest BCUT2D eigenvalue weighted by atomic mass is 35.5. The molecule has 0 bridgehead atoms. The van der Waals surface area contributed by atoms with Crippen LogP contribution in [-0.2, 0) is 0 Å². The van der Waals surface area contributed by atoms with E-state index in [1.807, 2.05) is 26.0 Å². The van der Waals surface area contributed by atoms with Crippen LogP contribution in [0.3, 0.4) is 0 Å². The molecule has 0 saturated carbocycles. The molecule has 2 nitrogen and oxygen atoms in total. The fraction of sp³-hybridized carbons (Fsp3) is 0.125. The molecule has 0 aromatic heterocycles. The minimum absolute atomic E-state index is 0.451. The van der Waals surface area contributed by atoms with Crippen molar-refractivity contribution in [3.8, 4) is 0 Å². The highest BCUT2D eigenvalue weighted by Gasteiger charge is 2.10. The lowest BCUT2D eigenvalue weighted by atomic mass is 10.2. The first-order chi connectivity index (χ1) is 9.88. The second-order valence-electron chi connectivity index (χ2n) is 4.61. The van der Waals surface area contributed by atoms with E-state index < -0.39 is 10.5 Å². The van der Waals surface area contributed by atoms with Crippen LogP contribution in [0.25, 0.3) is 0 Å². The van der Waals surface area contributed by atoms with E-state index in [0.29, 0.717) is 11.1 Å². The molecule has 0 heterocycles. The molecule has 0 spiro atoms. The fourth-order valence-corrected chi connectivity index (χ4v) is 3.08. The van der Waals surface area contributed by atoms with Crippen molar-refractivity contribution in [2.24, 2.45) is 0 Å². The first-order valence-corrected chi connectivity index (χ1v) is 7.74. The van der Waals surface area contributed by atoms with Crippen LogP contribution in [-0.4, -0.2) is 10.5 Å². The van der Waals surface area contributed by atoms with Crippen molar-refractivity contribution < 1.29 is 9.59 Å². The first kappa shape index (κ1) is 16.1. The average Bonchev–Trinajstić information content (AvgIpc) is 2.43. The Morgan fingerprint density at radius 2 is 1.19 bits per heavy atom. The predicted molar refractivity (Wildman–Crippen MR) is 86.8 cm³/mol. The highest BCUT2D eigenvalue weighted by molar-refractivity contribution is 7.99. The Morgan fingerprint density at radius 3 is 1.52 bits per heavy atom. The molecular formula is C16H12Cl2O2S. The molecule has 0 aliphatic rings. The molecule has 0 radical (unpaired) electrons. The van der Waals surface area contributed by atoms with Gasteiger partial charge in [0.1, 0.15) is 0 Å². The molecule has 2 rings (SSSR count). The molecule has 0 unspecified atom stereocenters. The Bertz CT molecular complexity index is 665. The number of carbonyl (C=O) groups excluding carboxylic acids is 2. The summed E-state index contributed by atoms with van der Waals surface area (Å²) in [6.45, 7) is 3.91. The summed E-state index contributed by atoms with van der Waals surface area (Å²) in [5, 5.41) is -0.975. The van der Waals surface area contributed by atoms with Crippen molar-refractivity contribution in [2.75, 3.05) is 0 Å². The summed E-state index contributed by atoms with van der Waals surface area (Å²) in [7, 11) is 0. The van der Waals surface area contributed by atoms with E-state index in [1.165, 1.54) is 11.8 Å². The summed E-state index contributed by atoms with van der Waals surface area (Å²) in [6.07, 6.45) is 0. The number of halogens is 2. The molecule has 2 aromatic rings. The maximum atomic E-state index is 11.3. The second kappa shape index (κ2) is 6.65. The van der Waals surface area contributed by atoms with Crippen molar-refractivity contribution in [3.63, 3.8) is 0 Å². The molecule has 0 aliphatic carbocycles. The third-order valence-electron chi connectivity index (χ3n) is 3.05. The van der Waals surface area contributed by atoms with Crippen LogP contribution in [0.15, 0.2) is 46.2 Å². The van der Waals surface area contributed by atoms with Gasteiger partial charge in [0.05, 0.1) is 0 Å². The Kier molecular flexibility index (Phi) is 5.09. The lowest BCUT2D eigenvalue weighted by Crippen LogP contribution is -1.93. The van der Waals surface area contributed by atoms with Crippen LogP contribution in [0.5, 0.6) is 0 Å². The highest BCUT2D eigenvalue weighted by Crippen LogP contribution is 2.34. The lowest BCUT2D eigenvalue weighted by molar-refractivity contribution is 0.107. The molecule has 0 N–H and O–H groups in total. The van der Waals surface area contributed by atoms with Crippen molar-refractivity contribution in [3.05, 3.63) is 58.7 Å². The number of benzene rings is 2. The molecule has 0 amide bonds. The maximum Gasteiger partial charge on any atom is 0.252 e. The number of hydrogen-bond donors (Lipinski definition) is 0. The van der Waals surface area contributed by atoms with E-state index in [-0.39, 0.29) is 0 Å². The fourth-order valence-electron chi connectivity index (χ4n) is 1.78. The molecule has 0 saturated heterocycles. The van der Waals surface area contributed by atoms with Crippen molar-refractivity contribution >= 4 is 45.4 Å². The molecule has 108 valence electrons. The number of rotatable bonds is 4. The summed E-state index contributed by atoms with van der Waals surface area (Å²) in [5.74, 6) is 0. The van der Waals surface area contributed by atoms with Gasteiger partial charge in [0.15, 0.2) is 0 Å². The Hall–Kier alpha value is -1.29. The third kappa shape index (κ3) is 3.88. The van der Waals surface area contributed by atoms with E-state index in [1.54, 1.807) is 24.3 Å². The monoisotopic (exact) mass is 338 g/mol. The van der Waals surface area contributed by atoms with Gasteiger partial charge >= 0.3 is 0 Å². The van der Waals surface area contributed by atoms with Gasteiger partial charge in [-0.2, -0.15) is 0 Å². The molecule has 0 aliphatic heterocycles. The SMILES string of the molecule is Cc1ccc(C(=O)Cl)cc1Sc1cc(C(=O)Cl)ccc1C. The van der Waals surface area contributed by atoms with Gasteiger partial charge in [-0.1, -0.05) is 23.9 Å². The Labute approximate surface area is 137 Å². The van der Waals surface area contributed by atoms with Gasteiger partial charge in [0.2, 0.25) is 0 Å². The van der Waals surface area contributed by atoms with Crippen LogP contribution < -0.4 is 0 Å². The van der Waals surface area contributed by atoms with Crippen molar-refractivity contribution in [1.29, 1.82) is 0 Å². The number of hydrogen-bond acceptors (Lipinski definition) is 3. The van der Waals surface area contributed by atoms with Crippen molar-refractivity contribution in [2.45, 2.75) is 23.6 Å². The van der Waals surface area contributed by atoms with Gasteiger partial charge in [0, 0.05) is 20.9 Å². The summed E-state index contributed by atoms with van der Waals surface area (Å²) < 4.78 is 0. The number of carbonyl (C=O) groups is 2. The predicted octanol–water partition coefficient (Wildman–Crippen LogP) is 5.21. The molecule has 21 heavy (non-hydrogen) atoms. The standard InChI is InChI=1S/C16H12Cl2O2S/c1-9-3-5-11(15(17)19)7-13(9)21-14-8-12(16(18)20)6-4-10(14)2/h3-8H,1-2H3. The zero-order valence-electron chi connectivity index (χ0n) is 11.4. The number of aryl methyl sites for hydroxylation is 2. The topological polar surface area (TPSA) is 34.1 Å². The minimum atomic E-state index is -0.488. The van der Waals surface area contributed by atoms with E-state index in [4.69, 9.17) is 23.2 Å². The quantitative estimate of drug-likeness (QED) is 0.717. The average molecular weight is 339 g/mol. The molecule has 2 aromatic carbocycles. The second-order valence-corrected chi connectivity index (χ2v) is 6.38. The summed E-state index contributed by atoms with van der Waals surface area (Å²) >= 11 is 12.5. The third-order valence-corrected chi connectivity index (χ3v) is 4.81. The van der Waals surface area contributed by atoms with Crippen LogP contribution in [0.2, 0.25) is 0 Å². The van der Waals surface area contributed by atoms with Crippen LogP contribution >= 0.6 is 35.0 Å². The normalized spacial score (nSPS) is 10.5. The maximum absolute atomic E-state index is 11.3. The Morgan fingerprint density at radius 1 is 0.810 bits per heavy atom. The Balaban J connectivity index is 2.42. The van der Waals surface area contributed by atoms with Gasteiger partial charge in [0.25, 0.3) is 10.5 Å². The van der Waals surface area contributed by atoms with E-state index >= 15 is 0 Å². The zero-order valence-corrected chi connectivity index (χ0v) is 13.8. The van der Waals surface area contributed by atoms with E-state index in [2.05, 4.69) is 0 Å². The van der Waals surface area contributed by atoms with Gasteiger partial charge in [-0.05, 0) is 72.4 Å². The van der Waals surface area contributed by atoms with E-state index in [0.717, 1.165) is 20.9 Å². The molecule has 0 fully saturated rings. The summed E-state index contributed by atoms with van der Waals surface area (Å²) in [4.78, 5) is 24.4. The van der Waals surface area contributed by atoms with Crippen molar-refractivity contribution in [1.82, 2.24) is 0 Å². The zero-order chi connectivity index (χ0) is 15.6. The smallest absolute Gasteiger partial charge is 0.252 e. The summed E-state index contributed by atoms with van der Waals surface area (Å²) in [6, 6.07) is 10.6. The van der Waals surface area contributed by atoms with Gasteiger partial charge in [-0.3, -0.25) is 9.59 Å². The van der Waals surface area contributed by atoms with E-state index in [9.17, 15) is 9.59 Å². The van der Waals surface area contributed by atoms with Gasteiger partial charge < -0.3 is 0 Å². The first-order valence-electron chi connectivity index (χ1n) is 6.17. The van der Waals surface area contributed by atoms with Crippen LogP contribution in [0.4, 0.5) is 0 Å².